The lowest BCUT2D eigenvalue weighted by atomic mass is 10.1. The number of aliphatic hydroxyl groups is 2. The van der Waals surface area contributed by atoms with Crippen LogP contribution in [0.1, 0.15) is 55.3 Å². The van der Waals surface area contributed by atoms with Crippen molar-refractivity contribution in [2.45, 2.75) is 45.8 Å². The van der Waals surface area contributed by atoms with E-state index < -0.39 is 68.7 Å². The SMILES string of the molecule is CCOc1ccn(-c2ccc(F)cc2)c(=O)c1C(=O)Nc1ccc(Oc2ccnc3cc(OCC(C)(C)O)c4c(c23)OCCO4)c(F)c1.Cn1cc(C(=O)Nc2ccc(Oc3ccnc4cc(OCC(C)(C)O)c5c(c34)OCCO5)c(F)c2)c(=O)n(-c2ccc(F)cc2)c1=O. The van der Waals surface area contributed by atoms with Crippen molar-refractivity contribution in [3.05, 3.63) is 206 Å². The molecule has 27 heteroatoms. The number of benzene rings is 6. The fourth-order valence-corrected chi connectivity index (χ4v) is 9.84. The number of anilines is 2. The van der Waals surface area contributed by atoms with Crippen LogP contribution in [0.15, 0.2) is 154 Å². The Kier molecular flexibility index (Phi) is 18.5. The number of nitrogens with one attached hydrogen (secondary N) is 2. The number of carbonyl (C=O) groups is 2. The van der Waals surface area contributed by atoms with Crippen LogP contribution < -0.4 is 70.1 Å². The number of nitrogens with zero attached hydrogens (tertiary/aromatic N) is 5. The minimum atomic E-state index is -1.11. The van der Waals surface area contributed by atoms with Gasteiger partial charge in [-0.2, -0.15) is 0 Å². The van der Waals surface area contributed by atoms with Crippen LogP contribution in [0, 0.1) is 23.3 Å². The molecule has 0 aliphatic carbocycles. The summed E-state index contributed by atoms with van der Waals surface area (Å²) in [5.41, 5.74) is -4.04. The van der Waals surface area contributed by atoms with E-state index in [4.69, 9.17) is 42.6 Å². The van der Waals surface area contributed by atoms with E-state index in [-0.39, 0.29) is 103 Å². The maximum absolute atomic E-state index is 15.5. The van der Waals surface area contributed by atoms with Crippen molar-refractivity contribution in [1.82, 2.24) is 23.7 Å². The van der Waals surface area contributed by atoms with Gasteiger partial charge in [-0.3, -0.25) is 33.7 Å². The Morgan fingerprint density at radius 2 is 1.01 bits per heavy atom. The second kappa shape index (κ2) is 27.0. The van der Waals surface area contributed by atoms with Crippen molar-refractivity contribution in [2.75, 3.05) is 56.9 Å². The van der Waals surface area contributed by atoms with Gasteiger partial charge in [0.25, 0.3) is 22.9 Å². The van der Waals surface area contributed by atoms with Gasteiger partial charge < -0.3 is 68.0 Å². The van der Waals surface area contributed by atoms with Crippen molar-refractivity contribution in [1.29, 1.82) is 0 Å². The maximum atomic E-state index is 15.5. The summed E-state index contributed by atoms with van der Waals surface area (Å²) in [5.74, 6) is -2.51. The molecule has 2 aliphatic heterocycles. The zero-order valence-corrected chi connectivity index (χ0v) is 51.6. The molecule has 2 aliphatic rings. The highest BCUT2D eigenvalue weighted by molar-refractivity contribution is 6.06. The van der Waals surface area contributed by atoms with Crippen LogP contribution in [-0.2, 0) is 7.05 Å². The van der Waals surface area contributed by atoms with Gasteiger partial charge in [-0.1, -0.05) is 0 Å². The first-order chi connectivity index (χ1) is 45.4. The van der Waals surface area contributed by atoms with Crippen LogP contribution >= 0.6 is 0 Å². The molecule has 4 aromatic heterocycles. The van der Waals surface area contributed by atoms with Crippen molar-refractivity contribution in [3.63, 3.8) is 0 Å². The second-order valence-corrected chi connectivity index (χ2v) is 22.7. The minimum Gasteiger partial charge on any atom is -0.493 e. The molecule has 10 aromatic rings. The molecule has 6 heterocycles. The summed E-state index contributed by atoms with van der Waals surface area (Å²) in [6.07, 6.45) is 5.43. The molecule has 490 valence electrons. The lowest BCUT2D eigenvalue weighted by Crippen LogP contribution is -2.41. The molecule has 0 unspecified atom stereocenters. The Balaban J connectivity index is 0.000000193. The Morgan fingerprint density at radius 1 is 0.547 bits per heavy atom. The standard InChI is InChI=1S/C35H31F2N3O8.C33H28F2N4O8/c1-4-44-26-12-14-40(22-8-5-20(36)6-9-22)34(42)30(26)33(41)39-21-7-10-25(23(37)17-21)48-27-11-13-38-24-18-28(47-19-35(2,3)43)31-32(29(24)27)46-16-15-45-31;1-33(2,43)17-46-26-15-23-27(29-28(26)44-12-13-45-29)25(10-11-36-23)47-24-9-6-19(14-22(24)35)37-30(40)21-16-38(3)32(42)39(31(21)41)20-7-4-18(34)5-8-20/h5-14,17-18,43H,4,15-16,19H2,1-3H3,(H,39,41);4-11,14-16,43H,12-13,17H2,1-3H3,(H,37,40). The van der Waals surface area contributed by atoms with Gasteiger partial charge in [0.15, 0.2) is 46.1 Å². The highest BCUT2D eigenvalue weighted by atomic mass is 19.1. The van der Waals surface area contributed by atoms with Gasteiger partial charge >= 0.3 is 5.69 Å². The molecule has 95 heavy (non-hydrogen) atoms. The number of halogens is 4. The van der Waals surface area contributed by atoms with Crippen LogP contribution in [0.4, 0.5) is 28.9 Å². The summed E-state index contributed by atoms with van der Waals surface area (Å²) in [6.45, 7) is 9.28. The van der Waals surface area contributed by atoms with Crippen LogP contribution in [0.3, 0.4) is 0 Å². The van der Waals surface area contributed by atoms with Crippen molar-refractivity contribution in [3.8, 4) is 74.6 Å². The number of hydrogen-bond donors (Lipinski definition) is 4. The van der Waals surface area contributed by atoms with E-state index in [0.717, 1.165) is 39.6 Å². The predicted octanol–water partition coefficient (Wildman–Crippen LogP) is 10.4. The molecular formula is C68H59F4N7O16. The van der Waals surface area contributed by atoms with Gasteiger partial charge in [0.2, 0.25) is 11.5 Å². The van der Waals surface area contributed by atoms with Crippen LogP contribution in [0.25, 0.3) is 33.2 Å². The number of aromatic nitrogens is 5. The topological polar surface area (TPSA) is 274 Å². The Bertz CT molecular complexity index is 4800. The number of amides is 2. The summed E-state index contributed by atoms with van der Waals surface area (Å²) in [6, 6.07) is 25.1. The molecule has 0 fully saturated rings. The van der Waals surface area contributed by atoms with Crippen LogP contribution in [-0.4, -0.2) is 103 Å². The van der Waals surface area contributed by atoms with Gasteiger partial charge in [0.05, 0.1) is 45.3 Å². The molecule has 0 bridgehead atoms. The first-order valence-corrected chi connectivity index (χ1v) is 29.4. The summed E-state index contributed by atoms with van der Waals surface area (Å²) in [5, 5.41) is 26.1. The highest BCUT2D eigenvalue weighted by Gasteiger charge is 2.30. The van der Waals surface area contributed by atoms with Gasteiger partial charge in [0.1, 0.15) is 79.7 Å². The molecule has 23 nitrogen and oxygen atoms in total. The van der Waals surface area contributed by atoms with Crippen molar-refractivity contribution < 1.29 is 80.0 Å². The number of hydrogen-bond acceptors (Lipinski definition) is 18. The molecule has 4 N–H and O–H groups in total. The third-order valence-corrected chi connectivity index (χ3v) is 14.1. The number of fused-ring (bicyclic) bond motifs is 6. The number of pyridine rings is 3. The molecule has 0 atom stereocenters. The van der Waals surface area contributed by atoms with Gasteiger partial charge in [-0.15, -0.1) is 0 Å². The van der Waals surface area contributed by atoms with E-state index in [1.807, 2.05) is 0 Å². The smallest absolute Gasteiger partial charge is 0.335 e. The monoisotopic (exact) mass is 1310 g/mol. The van der Waals surface area contributed by atoms with Crippen molar-refractivity contribution in [2.24, 2.45) is 7.05 Å². The third kappa shape index (κ3) is 14.4. The zero-order valence-electron chi connectivity index (χ0n) is 51.6. The Morgan fingerprint density at radius 3 is 1.47 bits per heavy atom. The van der Waals surface area contributed by atoms with E-state index in [9.17, 15) is 43.0 Å². The molecule has 6 aromatic carbocycles. The number of aryl methyl sites for hydroxylation is 1. The van der Waals surface area contributed by atoms with Crippen molar-refractivity contribution >= 4 is 45.0 Å². The normalized spacial score (nSPS) is 12.5. The predicted molar refractivity (Wildman–Crippen MR) is 338 cm³/mol. The molecular weight excluding hydrogens is 1250 g/mol. The summed E-state index contributed by atoms with van der Waals surface area (Å²) in [7, 11) is 1.35. The third-order valence-electron chi connectivity index (χ3n) is 14.1. The average molecular weight is 1310 g/mol. The number of rotatable bonds is 18. The molecule has 0 radical (unpaired) electrons. The Hall–Kier alpha value is -11.5. The second-order valence-electron chi connectivity index (χ2n) is 22.7. The lowest BCUT2D eigenvalue weighted by molar-refractivity contribution is 0.0262. The molecule has 2 amide bonds. The number of ether oxygens (including phenoxy) is 9. The van der Waals surface area contributed by atoms with Crippen LogP contribution in [0.5, 0.6) is 63.2 Å². The molecule has 0 saturated heterocycles. The largest absolute Gasteiger partial charge is 0.493 e. The average Bonchev–Trinajstić information content (AvgIpc) is 0.786. The van der Waals surface area contributed by atoms with E-state index in [2.05, 4.69) is 20.6 Å². The summed E-state index contributed by atoms with van der Waals surface area (Å²) < 4.78 is 113. The molecule has 0 spiro atoms. The summed E-state index contributed by atoms with van der Waals surface area (Å²) >= 11 is 0. The minimum absolute atomic E-state index is 0.00346. The van der Waals surface area contributed by atoms with Crippen LogP contribution in [0.2, 0.25) is 0 Å². The quantitative estimate of drug-likeness (QED) is 0.0581. The first kappa shape index (κ1) is 65.1. The van der Waals surface area contributed by atoms with Gasteiger partial charge in [-0.25, -0.2) is 26.9 Å². The highest BCUT2D eigenvalue weighted by Crippen LogP contribution is 2.50. The van der Waals surface area contributed by atoms with E-state index in [0.29, 0.717) is 56.2 Å². The fourth-order valence-electron chi connectivity index (χ4n) is 9.84. The van der Waals surface area contributed by atoms with E-state index in [1.54, 1.807) is 52.8 Å². The molecule has 12 rings (SSSR count). The van der Waals surface area contributed by atoms with E-state index in [1.165, 1.54) is 103 Å². The summed E-state index contributed by atoms with van der Waals surface area (Å²) in [4.78, 5) is 74.5. The van der Waals surface area contributed by atoms with E-state index >= 15 is 8.78 Å². The first-order valence-electron chi connectivity index (χ1n) is 29.4. The fraction of sp³-hybridized carbons (Fsp3) is 0.221. The Labute approximate surface area is 536 Å². The lowest BCUT2D eigenvalue weighted by Gasteiger charge is -2.25. The van der Waals surface area contributed by atoms with Gasteiger partial charge in [0, 0.05) is 73.2 Å². The zero-order chi connectivity index (χ0) is 67.5. The maximum Gasteiger partial charge on any atom is 0.335 e. The number of carbonyl (C=O) groups excluding carboxylic acids is 2. The molecule has 0 saturated carbocycles. The van der Waals surface area contributed by atoms with Gasteiger partial charge in [-0.05, 0) is 126 Å².